The molecule has 0 saturated carbocycles. The number of alkyl carbamates (subject to hydrolysis) is 1. The lowest BCUT2D eigenvalue weighted by molar-refractivity contribution is -0.143. The van der Waals surface area contributed by atoms with Gasteiger partial charge < -0.3 is 35.2 Å². The highest BCUT2D eigenvalue weighted by Crippen LogP contribution is 2.30. The third-order valence-corrected chi connectivity index (χ3v) is 8.79. The number of piperidine rings is 1. The molecule has 0 aliphatic carbocycles. The number of carbonyl (C=O) groups excluding carboxylic acids is 5. The van der Waals surface area contributed by atoms with Gasteiger partial charge in [-0.1, -0.05) is 6.92 Å². The number of fused-ring (bicyclic) bond motifs is 1. The van der Waals surface area contributed by atoms with Gasteiger partial charge in [-0.15, -0.1) is 0 Å². The van der Waals surface area contributed by atoms with Gasteiger partial charge in [-0.3, -0.25) is 14.2 Å². The Labute approximate surface area is 302 Å². The van der Waals surface area contributed by atoms with Crippen LogP contribution in [0.25, 0.3) is 11.0 Å². The molecular weight excluding hydrogens is 670 g/mol. The third-order valence-electron chi connectivity index (χ3n) is 8.79. The Morgan fingerprint density at radius 2 is 1.83 bits per heavy atom. The van der Waals surface area contributed by atoms with Crippen molar-refractivity contribution in [3.8, 4) is 6.07 Å². The number of ether oxygens (including phenoxy) is 2. The number of esters is 1. The van der Waals surface area contributed by atoms with E-state index < -0.39 is 35.6 Å². The molecule has 1 aliphatic rings. The first-order chi connectivity index (χ1) is 24.7. The summed E-state index contributed by atoms with van der Waals surface area (Å²) in [6, 6.07) is 8.47. The molecule has 278 valence electrons. The summed E-state index contributed by atoms with van der Waals surface area (Å²) < 4.78 is 11.5. The monoisotopic (exact) mass is 717 g/mol. The summed E-state index contributed by atoms with van der Waals surface area (Å²) in [4.78, 5) is 75.6. The number of amides is 4. The molecule has 4 amide bonds. The van der Waals surface area contributed by atoms with Crippen LogP contribution in [0, 0.1) is 17.2 Å². The molecule has 4 rings (SSSR count). The molecule has 0 bridgehead atoms. The lowest BCUT2D eigenvalue weighted by Gasteiger charge is -2.42. The van der Waals surface area contributed by atoms with Crippen LogP contribution in [0.3, 0.4) is 0 Å². The first kappa shape index (κ1) is 39.1. The number of anilines is 2. The first-order valence-corrected chi connectivity index (χ1v) is 17.2. The second-order valence-electron chi connectivity index (χ2n) is 13.7. The van der Waals surface area contributed by atoms with Crippen LogP contribution in [-0.2, 0) is 19.1 Å². The maximum atomic E-state index is 13.4. The van der Waals surface area contributed by atoms with E-state index in [0.29, 0.717) is 61.4 Å². The SMILES string of the molecule is COC(=O)[C@H](CCCCNC(=O)OC(C)(C)C)NC(=O)c1ccc(NC(=O)n2ccc3c(N(C)[C@H]4CN(C(=O)CC#N)CC[C@H]4C)ncnc32)cc1. The fraction of sp³-hybridized carbons (Fsp3) is 0.500. The zero-order valence-electron chi connectivity index (χ0n) is 30.5. The van der Waals surface area contributed by atoms with Crippen LogP contribution in [0.1, 0.15) is 70.2 Å². The molecule has 1 saturated heterocycles. The van der Waals surface area contributed by atoms with Crippen molar-refractivity contribution in [1.29, 1.82) is 5.26 Å². The van der Waals surface area contributed by atoms with Crippen molar-refractivity contribution in [3.05, 3.63) is 48.4 Å². The lowest BCUT2D eigenvalue weighted by atomic mass is 9.92. The maximum absolute atomic E-state index is 13.4. The van der Waals surface area contributed by atoms with E-state index in [1.807, 2.05) is 18.0 Å². The highest BCUT2D eigenvalue weighted by Gasteiger charge is 2.33. The Kier molecular flexibility index (Phi) is 13.1. The van der Waals surface area contributed by atoms with Gasteiger partial charge in [0.2, 0.25) is 5.91 Å². The second kappa shape index (κ2) is 17.5. The molecular formula is C36H47N9O7. The van der Waals surface area contributed by atoms with E-state index in [9.17, 15) is 24.0 Å². The highest BCUT2D eigenvalue weighted by atomic mass is 16.6. The minimum Gasteiger partial charge on any atom is -0.467 e. The topological polar surface area (TPSA) is 201 Å². The molecule has 3 aromatic rings. The number of rotatable bonds is 12. The summed E-state index contributed by atoms with van der Waals surface area (Å²) in [5.74, 6) is -0.408. The molecule has 3 atom stereocenters. The van der Waals surface area contributed by atoms with Gasteiger partial charge in [-0.05, 0) is 82.7 Å². The van der Waals surface area contributed by atoms with E-state index in [1.165, 1.54) is 30.1 Å². The molecule has 0 spiro atoms. The molecule has 1 aromatic carbocycles. The van der Waals surface area contributed by atoms with E-state index >= 15 is 0 Å². The van der Waals surface area contributed by atoms with Gasteiger partial charge in [0.15, 0.2) is 5.65 Å². The Morgan fingerprint density at radius 3 is 2.50 bits per heavy atom. The maximum Gasteiger partial charge on any atom is 0.407 e. The number of carbonyl (C=O) groups is 5. The summed E-state index contributed by atoms with van der Waals surface area (Å²) in [5, 5.41) is 17.8. The number of nitriles is 1. The van der Waals surface area contributed by atoms with Crippen molar-refractivity contribution in [2.24, 2.45) is 5.92 Å². The van der Waals surface area contributed by atoms with Gasteiger partial charge in [0.1, 0.15) is 30.2 Å². The number of likely N-dealkylation sites (tertiary alicyclic amines) is 1. The summed E-state index contributed by atoms with van der Waals surface area (Å²) in [7, 11) is 3.14. The number of aromatic nitrogens is 3. The fourth-order valence-electron chi connectivity index (χ4n) is 6.00. The minimum absolute atomic E-state index is 0.0570. The number of hydrogen-bond donors (Lipinski definition) is 3. The molecule has 1 fully saturated rings. The number of hydrogen-bond acceptors (Lipinski definition) is 11. The van der Waals surface area contributed by atoms with Crippen LogP contribution < -0.4 is 20.9 Å². The first-order valence-electron chi connectivity index (χ1n) is 17.2. The van der Waals surface area contributed by atoms with Crippen molar-refractivity contribution >= 4 is 52.4 Å². The zero-order chi connectivity index (χ0) is 38.0. The van der Waals surface area contributed by atoms with E-state index in [0.717, 1.165) is 6.42 Å². The van der Waals surface area contributed by atoms with Crippen molar-refractivity contribution in [3.63, 3.8) is 0 Å². The number of benzene rings is 1. The Balaban J connectivity index is 1.36. The number of likely N-dealkylation sites (N-methyl/N-ethyl adjacent to an activating group) is 1. The molecule has 0 radical (unpaired) electrons. The summed E-state index contributed by atoms with van der Waals surface area (Å²) in [6.07, 6.45) is 4.47. The Morgan fingerprint density at radius 1 is 1.10 bits per heavy atom. The Hall–Kier alpha value is -5.72. The lowest BCUT2D eigenvalue weighted by Crippen LogP contribution is -2.52. The number of unbranched alkanes of at least 4 members (excludes halogenated alkanes) is 1. The molecule has 1 aliphatic heterocycles. The van der Waals surface area contributed by atoms with Gasteiger partial charge in [-0.25, -0.2) is 24.4 Å². The van der Waals surface area contributed by atoms with Gasteiger partial charge >= 0.3 is 18.1 Å². The molecule has 16 nitrogen and oxygen atoms in total. The minimum atomic E-state index is -0.891. The van der Waals surface area contributed by atoms with Gasteiger partial charge in [0.05, 0.1) is 24.6 Å². The highest BCUT2D eigenvalue weighted by molar-refractivity contribution is 6.01. The van der Waals surface area contributed by atoms with Gasteiger partial charge in [0, 0.05) is 44.1 Å². The van der Waals surface area contributed by atoms with E-state index in [1.54, 1.807) is 50.1 Å². The number of methoxy groups -OCH3 is 1. The number of nitrogens with one attached hydrogen (secondary N) is 3. The van der Waals surface area contributed by atoms with Crippen LogP contribution >= 0.6 is 0 Å². The molecule has 3 N–H and O–H groups in total. The number of nitrogens with zero attached hydrogens (tertiary/aromatic N) is 6. The quantitative estimate of drug-likeness (QED) is 0.180. The van der Waals surface area contributed by atoms with Crippen molar-refractivity contribution in [2.45, 2.75) is 77.5 Å². The Bertz CT molecular complexity index is 1800. The van der Waals surface area contributed by atoms with Crippen molar-refractivity contribution < 1.29 is 33.4 Å². The molecule has 3 heterocycles. The van der Waals surface area contributed by atoms with Gasteiger partial charge in [0.25, 0.3) is 5.91 Å². The normalized spacial score (nSPS) is 16.3. The van der Waals surface area contributed by atoms with E-state index in [4.69, 9.17) is 14.7 Å². The summed E-state index contributed by atoms with van der Waals surface area (Å²) in [5.41, 5.74) is 0.484. The van der Waals surface area contributed by atoms with Crippen LogP contribution in [-0.4, -0.2) is 101 Å². The van der Waals surface area contributed by atoms with Crippen LogP contribution in [0.4, 0.5) is 21.1 Å². The average molecular weight is 718 g/mol. The fourth-order valence-corrected chi connectivity index (χ4v) is 6.00. The predicted molar refractivity (Wildman–Crippen MR) is 193 cm³/mol. The smallest absolute Gasteiger partial charge is 0.407 e. The molecule has 52 heavy (non-hydrogen) atoms. The summed E-state index contributed by atoms with van der Waals surface area (Å²) in [6.45, 7) is 8.84. The van der Waals surface area contributed by atoms with Gasteiger partial charge in [-0.2, -0.15) is 5.26 Å². The van der Waals surface area contributed by atoms with Crippen LogP contribution in [0.2, 0.25) is 0 Å². The van der Waals surface area contributed by atoms with E-state index in [-0.39, 0.29) is 29.9 Å². The van der Waals surface area contributed by atoms with Crippen LogP contribution in [0.15, 0.2) is 42.9 Å². The standard InChI is InChI=1S/C36H47N9O7/c1-23-15-19-44(29(46)14-17-37)21-28(23)43(5)30-26-16-20-45(31(26)40-22-39-30)34(49)41-25-12-10-24(11-13-25)32(47)42-27(33(48)51-6)9-7-8-18-38-35(50)52-36(2,3)4/h10-13,16,20,22-23,27-28H,7-9,14-15,18-19,21H2,1-6H3,(H,38,50)(H,41,49)(H,42,47)/t23-,27+,28+/m1/s1. The predicted octanol–water partition coefficient (Wildman–Crippen LogP) is 4.06. The molecule has 2 aromatic heterocycles. The average Bonchev–Trinajstić information content (AvgIpc) is 3.55. The van der Waals surface area contributed by atoms with Crippen molar-refractivity contribution in [1.82, 2.24) is 30.1 Å². The zero-order valence-corrected chi connectivity index (χ0v) is 30.5. The third kappa shape index (κ3) is 10.2. The van der Waals surface area contributed by atoms with Crippen LogP contribution in [0.5, 0.6) is 0 Å². The van der Waals surface area contributed by atoms with E-state index in [2.05, 4.69) is 32.8 Å². The summed E-state index contributed by atoms with van der Waals surface area (Å²) >= 11 is 0. The molecule has 16 heteroatoms. The van der Waals surface area contributed by atoms with Crippen molar-refractivity contribution in [2.75, 3.05) is 44.0 Å². The second-order valence-corrected chi connectivity index (χ2v) is 13.7. The largest absolute Gasteiger partial charge is 0.467 e. The molecule has 0 unspecified atom stereocenters.